The van der Waals surface area contributed by atoms with Crippen molar-refractivity contribution in [2.75, 3.05) is 13.0 Å². The highest BCUT2D eigenvalue weighted by Crippen LogP contribution is 2.50. The molecule has 6 atom stereocenters. The van der Waals surface area contributed by atoms with E-state index in [0.717, 1.165) is 15.9 Å². The zero-order valence-electron chi connectivity index (χ0n) is 30.5. The van der Waals surface area contributed by atoms with Crippen LogP contribution in [0.4, 0.5) is 10.2 Å². The third-order valence-electron chi connectivity index (χ3n) is 9.16. The number of fused-ring (bicyclic) bond motifs is 1. The number of nitrogens with one attached hydrogen (secondary N) is 1. The minimum absolute atomic E-state index is 0.150. The second-order valence-corrected chi connectivity index (χ2v) is 18.0. The van der Waals surface area contributed by atoms with E-state index < -0.39 is 57.5 Å². The molecule has 1 aliphatic heterocycles. The number of rotatable bonds is 14. The number of carbonyl (C=O) groups excluding carboxylic acids is 1. The normalized spacial score (nSPS) is 20.1. The van der Waals surface area contributed by atoms with Crippen molar-refractivity contribution >= 4 is 53.4 Å². The zero-order valence-corrected chi connectivity index (χ0v) is 32.2. The molecule has 3 heterocycles. The van der Waals surface area contributed by atoms with Gasteiger partial charge in [0.15, 0.2) is 42.0 Å². The standard InChI is InChI=1S/C40H41FN6O6P2/c1-4-50-39(48)29(3)45-54(49,53-30-17-9-5-10-18-30)27-51-40-28(2)34(41)38(52-40)47-26-44-35-36(42-25-43-37(35)47)46-55(31-19-11-6-12-20-31,32-21-13-7-14-22-32)33-23-15-8-16-24-33/h5-26,28-29,34,38,40H,4,27H2,1-3H3,(H,45,49)/t28-,29-,34?,38+,40-,54-/m0/s1. The Kier molecular flexibility index (Phi) is 11.7. The van der Waals surface area contributed by atoms with Crippen molar-refractivity contribution in [2.24, 2.45) is 10.7 Å². The van der Waals surface area contributed by atoms with Gasteiger partial charge in [-0.1, -0.05) is 116 Å². The second kappa shape index (κ2) is 16.8. The fraction of sp³-hybridized carbons (Fsp3) is 0.250. The van der Waals surface area contributed by atoms with Crippen LogP contribution in [0.3, 0.4) is 0 Å². The van der Waals surface area contributed by atoms with Gasteiger partial charge < -0.3 is 18.7 Å². The maximum absolute atomic E-state index is 16.2. The van der Waals surface area contributed by atoms with E-state index in [-0.39, 0.29) is 6.61 Å². The highest BCUT2D eigenvalue weighted by atomic mass is 31.2. The molecule has 1 saturated heterocycles. The van der Waals surface area contributed by atoms with E-state index in [2.05, 4.69) is 56.4 Å². The number of nitrogens with zero attached hydrogens (tertiary/aromatic N) is 5. The molecule has 6 aromatic rings. The van der Waals surface area contributed by atoms with Crippen molar-refractivity contribution in [3.63, 3.8) is 0 Å². The number of hydrogen-bond donors (Lipinski definition) is 1. The van der Waals surface area contributed by atoms with Crippen molar-refractivity contribution in [1.29, 1.82) is 0 Å². The number of aromatic nitrogens is 4. The summed E-state index contributed by atoms with van der Waals surface area (Å²) in [7, 11) is -6.63. The highest BCUT2D eigenvalue weighted by Gasteiger charge is 2.46. The molecular weight excluding hydrogens is 741 g/mol. The van der Waals surface area contributed by atoms with Crippen molar-refractivity contribution in [2.45, 2.75) is 45.5 Å². The van der Waals surface area contributed by atoms with Crippen molar-refractivity contribution < 1.29 is 32.5 Å². The Labute approximate surface area is 318 Å². The van der Waals surface area contributed by atoms with Gasteiger partial charge in [0.1, 0.15) is 18.1 Å². The predicted octanol–water partition coefficient (Wildman–Crippen LogP) is 7.25. The third-order valence-corrected chi connectivity index (χ3v) is 14.6. The lowest BCUT2D eigenvalue weighted by Crippen LogP contribution is -2.36. The Morgan fingerprint density at radius 1 is 0.891 bits per heavy atom. The van der Waals surface area contributed by atoms with Gasteiger partial charge in [0.2, 0.25) is 0 Å². The summed E-state index contributed by atoms with van der Waals surface area (Å²) >= 11 is 0. The molecule has 2 aromatic heterocycles. The Morgan fingerprint density at radius 2 is 1.45 bits per heavy atom. The molecule has 0 saturated carbocycles. The van der Waals surface area contributed by atoms with E-state index in [1.54, 1.807) is 44.2 Å². The zero-order chi connectivity index (χ0) is 38.4. The average molecular weight is 783 g/mol. The molecule has 0 amide bonds. The Balaban J connectivity index is 1.21. The topological polar surface area (TPSA) is 139 Å². The van der Waals surface area contributed by atoms with Crippen LogP contribution < -0.4 is 25.5 Å². The second-order valence-electron chi connectivity index (χ2n) is 12.9. The highest BCUT2D eigenvalue weighted by molar-refractivity contribution is 7.87. The maximum atomic E-state index is 16.2. The first-order chi connectivity index (χ1) is 26.7. The molecule has 15 heteroatoms. The summed E-state index contributed by atoms with van der Waals surface area (Å²) in [5.74, 6) is -0.759. The van der Waals surface area contributed by atoms with Crippen molar-refractivity contribution in [3.05, 3.63) is 134 Å². The minimum atomic E-state index is -3.92. The molecule has 1 unspecified atom stereocenters. The summed E-state index contributed by atoms with van der Waals surface area (Å²) in [6.07, 6.45) is -1.57. The number of para-hydroxylation sites is 1. The fourth-order valence-electron chi connectivity index (χ4n) is 6.48. The first-order valence-corrected chi connectivity index (χ1v) is 21.4. The van der Waals surface area contributed by atoms with Crippen LogP contribution in [-0.2, 0) is 23.6 Å². The van der Waals surface area contributed by atoms with E-state index >= 15 is 4.39 Å². The van der Waals surface area contributed by atoms with E-state index in [4.69, 9.17) is 23.5 Å². The van der Waals surface area contributed by atoms with Crippen molar-refractivity contribution in [3.8, 4) is 5.75 Å². The minimum Gasteiger partial charge on any atom is -0.465 e. The van der Waals surface area contributed by atoms with Gasteiger partial charge in [-0.3, -0.25) is 13.9 Å². The smallest absolute Gasteiger partial charge is 0.342 e. The number of benzene rings is 4. The SMILES string of the molecule is CCOC(=O)[C@H](C)N[P@](=O)(CO[C@H]1O[C@@H](n2cnc3c(N=P(c4ccccc4)(c4ccccc4)c4ccccc4)ncnc32)C(F)[C@@H]1C)Oc1ccccc1. The molecular formula is C40H41FN6O6P2. The Hall–Kier alpha value is -5.03. The van der Waals surface area contributed by atoms with E-state index in [1.807, 2.05) is 54.6 Å². The molecule has 0 spiro atoms. The maximum Gasteiger partial charge on any atom is 0.342 e. The predicted molar refractivity (Wildman–Crippen MR) is 210 cm³/mol. The van der Waals surface area contributed by atoms with Crippen LogP contribution in [0.1, 0.15) is 27.0 Å². The van der Waals surface area contributed by atoms with Crippen LogP contribution >= 0.6 is 14.6 Å². The number of esters is 1. The van der Waals surface area contributed by atoms with Crippen LogP contribution in [0.2, 0.25) is 0 Å². The summed E-state index contributed by atoms with van der Waals surface area (Å²) < 4.78 is 60.5. The lowest BCUT2D eigenvalue weighted by Gasteiger charge is -2.26. The first-order valence-electron chi connectivity index (χ1n) is 17.9. The van der Waals surface area contributed by atoms with Gasteiger partial charge in [0.25, 0.3) is 0 Å². The monoisotopic (exact) mass is 782 g/mol. The quantitative estimate of drug-likeness (QED) is 0.0888. The van der Waals surface area contributed by atoms with Gasteiger partial charge in [-0.05, 0) is 26.0 Å². The van der Waals surface area contributed by atoms with Gasteiger partial charge in [-0.2, -0.15) is 0 Å². The van der Waals surface area contributed by atoms with Gasteiger partial charge in [0.05, 0.1) is 20.0 Å². The lowest BCUT2D eigenvalue weighted by molar-refractivity contribution is -0.152. The van der Waals surface area contributed by atoms with Crippen LogP contribution in [-0.4, -0.2) is 56.9 Å². The first kappa shape index (κ1) is 38.3. The summed E-state index contributed by atoms with van der Waals surface area (Å²) in [5.41, 5.74) is 0.699. The molecule has 1 fully saturated rings. The van der Waals surface area contributed by atoms with Crippen LogP contribution in [0.5, 0.6) is 5.75 Å². The number of carbonyl (C=O) groups is 1. The van der Waals surface area contributed by atoms with Gasteiger partial charge in [-0.25, -0.2) is 29.2 Å². The van der Waals surface area contributed by atoms with Crippen LogP contribution in [0.15, 0.2) is 139 Å². The largest absolute Gasteiger partial charge is 0.465 e. The molecule has 1 aliphatic rings. The Bertz CT molecular complexity index is 2220. The lowest BCUT2D eigenvalue weighted by atomic mass is 10.1. The van der Waals surface area contributed by atoms with Gasteiger partial charge in [-0.15, -0.1) is 0 Å². The van der Waals surface area contributed by atoms with Crippen molar-refractivity contribution in [1.82, 2.24) is 24.6 Å². The number of halogens is 1. The number of ether oxygens (including phenoxy) is 3. The molecule has 0 aliphatic carbocycles. The number of alkyl halides is 1. The van der Waals surface area contributed by atoms with E-state index in [1.165, 1.54) is 24.1 Å². The number of imidazole rings is 1. The molecule has 4 aromatic carbocycles. The van der Waals surface area contributed by atoms with E-state index in [9.17, 15) is 9.36 Å². The molecule has 284 valence electrons. The van der Waals surface area contributed by atoms with Gasteiger partial charge in [0, 0.05) is 21.8 Å². The average Bonchev–Trinajstić information content (AvgIpc) is 3.77. The molecule has 1 N–H and O–H groups in total. The van der Waals surface area contributed by atoms with Crippen LogP contribution in [0.25, 0.3) is 11.2 Å². The summed E-state index contributed by atoms with van der Waals surface area (Å²) in [6.45, 7) is 4.98. The summed E-state index contributed by atoms with van der Waals surface area (Å²) in [4.78, 5) is 26.2. The summed E-state index contributed by atoms with van der Waals surface area (Å²) in [5, 5.41) is 5.81. The molecule has 12 nitrogen and oxygen atoms in total. The van der Waals surface area contributed by atoms with Gasteiger partial charge >= 0.3 is 13.5 Å². The molecule has 0 radical (unpaired) electrons. The third kappa shape index (κ3) is 8.03. The Morgan fingerprint density at radius 3 is 2.02 bits per heavy atom. The number of hydrogen-bond acceptors (Lipinski definition) is 10. The molecule has 55 heavy (non-hydrogen) atoms. The summed E-state index contributed by atoms with van der Waals surface area (Å²) in [6, 6.07) is 37.9. The van der Waals surface area contributed by atoms with E-state index in [0.29, 0.717) is 22.7 Å². The molecule has 7 rings (SSSR count). The van der Waals surface area contributed by atoms with Crippen LogP contribution in [0, 0.1) is 5.92 Å². The molecule has 0 bridgehead atoms. The fourth-order valence-corrected chi connectivity index (χ4v) is 11.6.